The minimum absolute atomic E-state index is 0.152. The highest BCUT2D eigenvalue weighted by atomic mass is 35.5. The maximum absolute atomic E-state index is 12.9. The molecule has 1 amide bonds. The second-order valence-electron chi connectivity index (χ2n) is 6.32. The molecule has 4 rings (SSSR count). The number of aryl methyl sites for hydroxylation is 1. The van der Waals surface area contributed by atoms with Crippen LogP contribution in [0.5, 0.6) is 5.75 Å². The van der Waals surface area contributed by atoms with Crippen molar-refractivity contribution in [3.8, 4) is 5.75 Å². The lowest BCUT2D eigenvalue weighted by Gasteiger charge is -2.11. The first-order valence-electron chi connectivity index (χ1n) is 8.48. The number of amides is 1. The Hall–Kier alpha value is -2.90. The van der Waals surface area contributed by atoms with E-state index >= 15 is 0 Å². The number of hydrogen-bond donors (Lipinski definition) is 1. The predicted molar refractivity (Wildman–Crippen MR) is 113 cm³/mol. The van der Waals surface area contributed by atoms with Gasteiger partial charge in [-0.2, -0.15) is 0 Å². The SMILES string of the molecule is COc1ccc(C)cc1NC(=O)Cn1cnc2c(sc3cccc(Cl)c32)c1=O. The average molecular weight is 414 g/mol. The van der Waals surface area contributed by atoms with E-state index in [2.05, 4.69) is 10.3 Å². The summed E-state index contributed by atoms with van der Waals surface area (Å²) in [5.41, 5.74) is 1.84. The van der Waals surface area contributed by atoms with Crippen molar-refractivity contribution in [3.63, 3.8) is 0 Å². The fraction of sp³-hybridized carbons (Fsp3) is 0.150. The number of rotatable bonds is 4. The van der Waals surface area contributed by atoms with Crippen molar-refractivity contribution in [1.82, 2.24) is 9.55 Å². The van der Waals surface area contributed by atoms with Gasteiger partial charge >= 0.3 is 0 Å². The number of fused-ring (bicyclic) bond motifs is 3. The van der Waals surface area contributed by atoms with Gasteiger partial charge in [0.2, 0.25) is 5.91 Å². The number of carbonyl (C=O) groups is 1. The van der Waals surface area contributed by atoms with E-state index in [1.165, 1.54) is 29.3 Å². The highest BCUT2D eigenvalue weighted by Gasteiger charge is 2.15. The first kappa shape index (κ1) is 18.5. The third-order valence-electron chi connectivity index (χ3n) is 4.36. The summed E-state index contributed by atoms with van der Waals surface area (Å²) in [4.78, 5) is 29.7. The molecular formula is C20H16ClN3O3S. The lowest BCUT2D eigenvalue weighted by Crippen LogP contribution is -2.27. The topological polar surface area (TPSA) is 73.2 Å². The number of nitrogens with one attached hydrogen (secondary N) is 1. The van der Waals surface area contributed by atoms with Crippen molar-refractivity contribution >= 4 is 54.8 Å². The molecule has 4 aromatic rings. The number of aromatic nitrogens is 2. The lowest BCUT2D eigenvalue weighted by molar-refractivity contribution is -0.116. The Morgan fingerprint density at radius 3 is 2.93 bits per heavy atom. The van der Waals surface area contributed by atoms with Crippen LogP contribution in [0.1, 0.15) is 5.56 Å². The van der Waals surface area contributed by atoms with Crippen LogP contribution in [-0.4, -0.2) is 22.6 Å². The van der Waals surface area contributed by atoms with Gasteiger partial charge in [0.15, 0.2) is 0 Å². The van der Waals surface area contributed by atoms with Crippen molar-refractivity contribution in [1.29, 1.82) is 0 Å². The number of carbonyl (C=O) groups excluding carboxylic acids is 1. The van der Waals surface area contributed by atoms with Gasteiger partial charge in [0.05, 0.1) is 29.7 Å². The Kier molecular flexibility index (Phi) is 4.78. The molecule has 0 atom stereocenters. The number of methoxy groups -OCH3 is 1. The van der Waals surface area contributed by atoms with Crippen LogP contribution < -0.4 is 15.6 Å². The summed E-state index contributed by atoms with van der Waals surface area (Å²) in [5.74, 6) is 0.213. The van der Waals surface area contributed by atoms with Crippen molar-refractivity contribution < 1.29 is 9.53 Å². The molecule has 0 saturated heterocycles. The molecule has 0 spiro atoms. The summed E-state index contributed by atoms with van der Waals surface area (Å²) < 4.78 is 7.93. The number of thiophene rings is 1. The molecule has 2 aromatic heterocycles. The zero-order chi connectivity index (χ0) is 19.8. The van der Waals surface area contributed by atoms with Gasteiger partial charge in [0.25, 0.3) is 5.56 Å². The van der Waals surface area contributed by atoms with Crippen LogP contribution in [0.2, 0.25) is 5.02 Å². The molecule has 0 aliphatic heterocycles. The second-order valence-corrected chi connectivity index (χ2v) is 7.78. The van der Waals surface area contributed by atoms with Crippen LogP contribution in [0.15, 0.2) is 47.5 Å². The summed E-state index contributed by atoms with van der Waals surface area (Å²) in [5, 5.41) is 4.11. The lowest BCUT2D eigenvalue weighted by atomic mass is 10.2. The maximum Gasteiger partial charge on any atom is 0.271 e. The van der Waals surface area contributed by atoms with E-state index in [-0.39, 0.29) is 18.0 Å². The van der Waals surface area contributed by atoms with Gasteiger partial charge in [-0.15, -0.1) is 11.3 Å². The molecule has 0 radical (unpaired) electrons. The Bertz CT molecular complexity index is 1280. The molecule has 0 fully saturated rings. The minimum atomic E-state index is -0.341. The van der Waals surface area contributed by atoms with Gasteiger partial charge in [-0.3, -0.25) is 14.2 Å². The number of nitrogens with zero attached hydrogens (tertiary/aromatic N) is 2. The van der Waals surface area contributed by atoms with E-state index in [1.54, 1.807) is 12.1 Å². The summed E-state index contributed by atoms with van der Waals surface area (Å²) in [6.07, 6.45) is 1.38. The van der Waals surface area contributed by atoms with Gasteiger partial charge in [-0.25, -0.2) is 4.98 Å². The molecule has 2 aromatic carbocycles. The molecule has 2 heterocycles. The van der Waals surface area contributed by atoms with Crippen LogP contribution in [-0.2, 0) is 11.3 Å². The molecule has 0 bridgehead atoms. The number of ether oxygens (including phenoxy) is 1. The largest absolute Gasteiger partial charge is 0.495 e. The predicted octanol–water partition coefficient (Wildman–Crippen LogP) is 4.22. The van der Waals surface area contributed by atoms with Gasteiger partial charge in [0.1, 0.15) is 17.0 Å². The molecule has 0 aliphatic rings. The molecule has 8 heteroatoms. The van der Waals surface area contributed by atoms with E-state index in [4.69, 9.17) is 16.3 Å². The number of benzene rings is 2. The third kappa shape index (κ3) is 3.23. The Labute approximate surface area is 169 Å². The summed E-state index contributed by atoms with van der Waals surface area (Å²) in [7, 11) is 1.54. The quantitative estimate of drug-likeness (QED) is 0.543. The molecular weight excluding hydrogens is 398 g/mol. The Balaban J connectivity index is 1.67. The first-order chi connectivity index (χ1) is 13.5. The normalized spacial score (nSPS) is 11.1. The minimum Gasteiger partial charge on any atom is -0.495 e. The zero-order valence-electron chi connectivity index (χ0n) is 15.2. The number of halogens is 1. The fourth-order valence-electron chi connectivity index (χ4n) is 3.05. The van der Waals surface area contributed by atoms with E-state index < -0.39 is 0 Å². The third-order valence-corrected chi connectivity index (χ3v) is 5.81. The molecule has 0 unspecified atom stereocenters. The van der Waals surface area contributed by atoms with Crippen molar-refractivity contribution in [2.45, 2.75) is 13.5 Å². The van der Waals surface area contributed by atoms with Crippen LogP contribution >= 0.6 is 22.9 Å². The van der Waals surface area contributed by atoms with Crippen molar-refractivity contribution in [3.05, 3.63) is 63.7 Å². The van der Waals surface area contributed by atoms with E-state index in [0.29, 0.717) is 26.7 Å². The monoisotopic (exact) mass is 413 g/mol. The Morgan fingerprint density at radius 2 is 2.14 bits per heavy atom. The van der Waals surface area contributed by atoms with Crippen LogP contribution in [0.4, 0.5) is 5.69 Å². The maximum atomic E-state index is 12.9. The zero-order valence-corrected chi connectivity index (χ0v) is 16.7. The van der Waals surface area contributed by atoms with E-state index in [9.17, 15) is 9.59 Å². The van der Waals surface area contributed by atoms with E-state index in [1.807, 2.05) is 31.2 Å². The smallest absolute Gasteiger partial charge is 0.271 e. The second kappa shape index (κ2) is 7.26. The number of anilines is 1. The highest BCUT2D eigenvalue weighted by molar-refractivity contribution is 7.25. The molecule has 28 heavy (non-hydrogen) atoms. The molecule has 6 nitrogen and oxygen atoms in total. The van der Waals surface area contributed by atoms with Gasteiger partial charge in [0, 0.05) is 10.1 Å². The van der Waals surface area contributed by atoms with Gasteiger partial charge in [-0.05, 0) is 36.8 Å². The number of hydrogen-bond acceptors (Lipinski definition) is 5. The summed E-state index contributed by atoms with van der Waals surface area (Å²) in [6.45, 7) is 1.77. The standard InChI is InChI=1S/C20H16ClN3O3S/c1-11-6-7-14(27-2)13(8-11)23-16(25)9-24-10-22-18-17-12(21)4-3-5-15(17)28-19(18)20(24)26/h3-8,10H,9H2,1-2H3,(H,23,25). The van der Waals surface area contributed by atoms with Gasteiger partial charge in [-0.1, -0.05) is 23.7 Å². The molecule has 1 N–H and O–H groups in total. The van der Waals surface area contributed by atoms with Crippen molar-refractivity contribution in [2.24, 2.45) is 0 Å². The molecule has 142 valence electrons. The first-order valence-corrected chi connectivity index (χ1v) is 9.68. The van der Waals surface area contributed by atoms with Gasteiger partial charge < -0.3 is 10.1 Å². The van der Waals surface area contributed by atoms with Crippen LogP contribution in [0, 0.1) is 6.92 Å². The average Bonchev–Trinajstić information content (AvgIpc) is 3.05. The van der Waals surface area contributed by atoms with Crippen LogP contribution in [0.25, 0.3) is 20.3 Å². The Morgan fingerprint density at radius 1 is 1.32 bits per heavy atom. The molecule has 0 saturated carbocycles. The summed E-state index contributed by atoms with van der Waals surface area (Å²) >= 11 is 7.59. The van der Waals surface area contributed by atoms with Crippen LogP contribution in [0.3, 0.4) is 0 Å². The fourth-order valence-corrected chi connectivity index (χ4v) is 4.50. The highest BCUT2D eigenvalue weighted by Crippen LogP contribution is 2.35. The molecule has 0 aliphatic carbocycles. The van der Waals surface area contributed by atoms with Crippen molar-refractivity contribution in [2.75, 3.05) is 12.4 Å². The van der Waals surface area contributed by atoms with E-state index in [0.717, 1.165) is 15.6 Å². The summed E-state index contributed by atoms with van der Waals surface area (Å²) in [6, 6.07) is 11.0.